The van der Waals surface area contributed by atoms with Crippen LogP contribution < -0.4 is 4.90 Å². The van der Waals surface area contributed by atoms with Crippen LogP contribution in [0.2, 0.25) is 0 Å². The van der Waals surface area contributed by atoms with Gasteiger partial charge in [-0.05, 0) is 5.56 Å². The van der Waals surface area contributed by atoms with E-state index in [-0.39, 0.29) is 12.7 Å². The standard InChI is InChI=1S/C23H22N6O2/c30-23(31-16-18-7-3-1-4-8-18)28-13-11-27(12-14-28)21-15-20(19-9-5-2-6-10-19)26-22-24-17-25-29(21)22/h1-10,15,17H,11-14,16H2. The number of ether oxygens (including phenoxy) is 1. The molecule has 1 amide bonds. The van der Waals surface area contributed by atoms with Crippen LogP contribution in [0, 0.1) is 0 Å². The van der Waals surface area contributed by atoms with E-state index in [0.29, 0.717) is 32.0 Å². The first-order chi connectivity index (χ1) is 15.3. The van der Waals surface area contributed by atoms with E-state index in [1.807, 2.05) is 66.7 Å². The smallest absolute Gasteiger partial charge is 0.410 e. The van der Waals surface area contributed by atoms with Crippen LogP contribution in [-0.4, -0.2) is 56.8 Å². The van der Waals surface area contributed by atoms with Crippen LogP contribution in [0.25, 0.3) is 17.0 Å². The topological polar surface area (TPSA) is 75.9 Å². The highest BCUT2D eigenvalue weighted by Gasteiger charge is 2.24. The molecule has 8 heteroatoms. The zero-order valence-electron chi connectivity index (χ0n) is 17.0. The van der Waals surface area contributed by atoms with Gasteiger partial charge in [0.25, 0.3) is 5.78 Å². The molecule has 0 bridgehead atoms. The monoisotopic (exact) mass is 414 g/mol. The van der Waals surface area contributed by atoms with Crippen LogP contribution in [0.15, 0.2) is 73.1 Å². The summed E-state index contributed by atoms with van der Waals surface area (Å²) in [6.07, 6.45) is 1.23. The zero-order chi connectivity index (χ0) is 21.0. The van der Waals surface area contributed by atoms with Gasteiger partial charge in [0.15, 0.2) is 0 Å². The molecule has 2 aromatic carbocycles. The molecule has 2 aromatic heterocycles. The Balaban J connectivity index is 1.29. The fourth-order valence-corrected chi connectivity index (χ4v) is 3.71. The minimum absolute atomic E-state index is 0.282. The highest BCUT2D eigenvalue weighted by atomic mass is 16.6. The number of nitrogens with zero attached hydrogens (tertiary/aromatic N) is 6. The van der Waals surface area contributed by atoms with Crippen molar-refractivity contribution in [1.82, 2.24) is 24.5 Å². The maximum atomic E-state index is 12.5. The van der Waals surface area contributed by atoms with Crippen molar-refractivity contribution in [1.29, 1.82) is 0 Å². The maximum Gasteiger partial charge on any atom is 0.410 e. The molecule has 1 fully saturated rings. The number of carbonyl (C=O) groups excluding carboxylic acids is 1. The molecule has 0 saturated carbocycles. The molecule has 0 aliphatic carbocycles. The number of carbonyl (C=O) groups is 1. The lowest BCUT2D eigenvalue weighted by Crippen LogP contribution is -2.49. The summed E-state index contributed by atoms with van der Waals surface area (Å²) in [5.41, 5.74) is 2.85. The molecular weight excluding hydrogens is 392 g/mol. The molecule has 0 spiro atoms. The highest BCUT2D eigenvalue weighted by Crippen LogP contribution is 2.24. The van der Waals surface area contributed by atoms with Gasteiger partial charge in [0.2, 0.25) is 0 Å². The van der Waals surface area contributed by atoms with Gasteiger partial charge in [0.05, 0.1) is 5.69 Å². The maximum absolute atomic E-state index is 12.5. The van der Waals surface area contributed by atoms with Crippen molar-refractivity contribution in [3.63, 3.8) is 0 Å². The summed E-state index contributed by atoms with van der Waals surface area (Å²) in [6.45, 7) is 2.78. The minimum Gasteiger partial charge on any atom is -0.445 e. The van der Waals surface area contributed by atoms with Crippen molar-refractivity contribution < 1.29 is 9.53 Å². The van der Waals surface area contributed by atoms with E-state index < -0.39 is 0 Å². The van der Waals surface area contributed by atoms with Crippen LogP contribution in [0.5, 0.6) is 0 Å². The number of aromatic nitrogens is 4. The Morgan fingerprint density at radius 2 is 1.65 bits per heavy atom. The first-order valence-corrected chi connectivity index (χ1v) is 10.2. The molecule has 1 aliphatic rings. The SMILES string of the molecule is O=C(OCc1ccccc1)N1CCN(c2cc(-c3ccccc3)nc3ncnn23)CC1. The van der Waals surface area contributed by atoms with Gasteiger partial charge in [-0.15, -0.1) is 0 Å². The Hall–Kier alpha value is -3.94. The van der Waals surface area contributed by atoms with E-state index in [4.69, 9.17) is 4.74 Å². The molecule has 8 nitrogen and oxygen atoms in total. The Bertz CT molecular complexity index is 1170. The number of hydrogen-bond acceptors (Lipinski definition) is 6. The van der Waals surface area contributed by atoms with Crippen molar-refractivity contribution in [3.05, 3.63) is 78.6 Å². The predicted molar refractivity (Wildman–Crippen MR) is 117 cm³/mol. The minimum atomic E-state index is -0.283. The summed E-state index contributed by atoms with van der Waals surface area (Å²) in [4.78, 5) is 25.3. The van der Waals surface area contributed by atoms with Gasteiger partial charge in [-0.1, -0.05) is 60.7 Å². The molecule has 31 heavy (non-hydrogen) atoms. The number of rotatable bonds is 4. The van der Waals surface area contributed by atoms with E-state index in [1.54, 1.807) is 9.42 Å². The Kier molecular flexibility index (Phi) is 5.18. The van der Waals surface area contributed by atoms with Crippen LogP contribution in [0.3, 0.4) is 0 Å². The quantitative estimate of drug-likeness (QED) is 0.510. The van der Waals surface area contributed by atoms with Gasteiger partial charge in [-0.3, -0.25) is 0 Å². The Morgan fingerprint density at radius 3 is 2.39 bits per heavy atom. The second-order valence-corrected chi connectivity index (χ2v) is 7.35. The molecule has 1 saturated heterocycles. The van der Waals surface area contributed by atoms with Crippen molar-refractivity contribution in [2.75, 3.05) is 31.1 Å². The first-order valence-electron chi connectivity index (χ1n) is 10.2. The third-order valence-electron chi connectivity index (χ3n) is 5.37. The van der Waals surface area contributed by atoms with Crippen molar-refractivity contribution in [2.24, 2.45) is 0 Å². The van der Waals surface area contributed by atoms with E-state index in [1.165, 1.54) is 6.33 Å². The van der Waals surface area contributed by atoms with Crippen LogP contribution in [-0.2, 0) is 11.3 Å². The Labute approximate surface area is 179 Å². The first kappa shape index (κ1) is 19.0. The fraction of sp³-hybridized carbons (Fsp3) is 0.217. The number of benzene rings is 2. The molecule has 5 rings (SSSR count). The number of anilines is 1. The predicted octanol–water partition coefficient (Wildman–Crippen LogP) is 3.25. The summed E-state index contributed by atoms with van der Waals surface area (Å²) in [5, 5.41) is 4.34. The highest BCUT2D eigenvalue weighted by molar-refractivity contribution is 5.69. The van der Waals surface area contributed by atoms with Crippen molar-refractivity contribution in [2.45, 2.75) is 6.61 Å². The molecule has 0 atom stereocenters. The van der Waals surface area contributed by atoms with E-state index in [9.17, 15) is 4.79 Å². The lowest BCUT2D eigenvalue weighted by Gasteiger charge is -2.35. The van der Waals surface area contributed by atoms with Gasteiger partial charge < -0.3 is 14.5 Å². The lowest BCUT2D eigenvalue weighted by molar-refractivity contribution is 0.0941. The summed E-state index contributed by atoms with van der Waals surface area (Å²) < 4.78 is 7.22. The number of hydrogen-bond donors (Lipinski definition) is 0. The molecule has 3 heterocycles. The molecule has 1 aliphatic heterocycles. The van der Waals surface area contributed by atoms with E-state index in [0.717, 1.165) is 22.6 Å². The largest absolute Gasteiger partial charge is 0.445 e. The molecule has 4 aromatic rings. The summed E-state index contributed by atoms with van der Waals surface area (Å²) in [5.74, 6) is 1.47. The average Bonchev–Trinajstić information content (AvgIpc) is 3.32. The third kappa shape index (κ3) is 4.05. The lowest BCUT2D eigenvalue weighted by atomic mass is 10.1. The van der Waals surface area contributed by atoms with Gasteiger partial charge in [0.1, 0.15) is 18.8 Å². The summed E-state index contributed by atoms with van der Waals surface area (Å²) in [7, 11) is 0. The third-order valence-corrected chi connectivity index (χ3v) is 5.37. The molecule has 0 unspecified atom stereocenters. The molecular formula is C23H22N6O2. The zero-order valence-corrected chi connectivity index (χ0v) is 17.0. The summed E-state index contributed by atoms with van der Waals surface area (Å²) >= 11 is 0. The van der Waals surface area contributed by atoms with Gasteiger partial charge in [0, 0.05) is 37.8 Å². The van der Waals surface area contributed by atoms with Gasteiger partial charge >= 0.3 is 6.09 Å². The summed E-state index contributed by atoms with van der Waals surface area (Å²) in [6, 6.07) is 21.8. The normalized spacial score (nSPS) is 14.1. The Morgan fingerprint density at radius 1 is 0.935 bits per heavy atom. The van der Waals surface area contributed by atoms with Gasteiger partial charge in [-0.2, -0.15) is 14.6 Å². The molecule has 0 radical (unpaired) electrons. The average molecular weight is 414 g/mol. The van der Waals surface area contributed by atoms with Crippen molar-refractivity contribution >= 4 is 17.7 Å². The van der Waals surface area contributed by atoms with Crippen LogP contribution >= 0.6 is 0 Å². The second kappa shape index (κ2) is 8.43. The second-order valence-electron chi connectivity index (χ2n) is 7.35. The fourth-order valence-electron chi connectivity index (χ4n) is 3.71. The molecule has 0 N–H and O–H groups in total. The van der Waals surface area contributed by atoms with Gasteiger partial charge in [-0.25, -0.2) is 9.78 Å². The molecule has 156 valence electrons. The van der Waals surface area contributed by atoms with Crippen LogP contribution in [0.1, 0.15) is 5.56 Å². The van der Waals surface area contributed by atoms with Crippen molar-refractivity contribution in [3.8, 4) is 11.3 Å². The number of piperazine rings is 1. The van der Waals surface area contributed by atoms with Crippen LogP contribution in [0.4, 0.5) is 10.6 Å². The number of fused-ring (bicyclic) bond motifs is 1. The van der Waals surface area contributed by atoms with E-state index >= 15 is 0 Å². The number of amides is 1. The van der Waals surface area contributed by atoms with E-state index in [2.05, 4.69) is 20.0 Å².